The normalized spacial score (nSPS) is 16.7. The van der Waals surface area contributed by atoms with Gasteiger partial charge in [0.15, 0.2) is 0 Å². The Bertz CT molecular complexity index is 1450. The molecule has 10 heteroatoms. The van der Waals surface area contributed by atoms with Crippen molar-refractivity contribution in [2.24, 2.45) is 11.8 Å². The highest BCUT2D eigenvalue weighted by Gasteiger charge is 2.33. The molecule has 1 saturated carbocycles. The highest BCUT2D eigenvalue weighted by molar-refractivity contribution is 5.95. The number of halogens is 3. The number of aryl methyl sites for hydroxylation is 1. The Labute approximate surface area is 222 Å². The van der Waals surface area contributed by atoms with E-state index < -0.39 is 35.1 Å². The van der Waals surface area contributed by atoms with E-state index >= 15 is 0 Å². The summed E-state index contributed by atoms with van der Waals surface area (Å²) in [6.07, 6.45) is 0.899. The van der Waals surface area contributed by atoms with Crippen molar-refractivity contribution in [2.75, 3.05) is 10.6 Å². The molecule has 3 aromatic rings. The second-order valence-electron chi connectivity index (χ2n) is 10.1. The summed E-state index contributed by atoms with van der Waals surface area (Å²) >= 11 is 0. The predicted molar refractivity (Wildman–Crippen MR) is 137 cm³/mol. The number of benzene rings is 2. The number of aromatic carboxylic acids is 1. The Morgan fingerprint density at radius 2 is 1.62 bits per heavy atom. The molecule has 5 rings (SSSR count). The number of amides is 2. The maximum atomic E-state index is 13.2. The van der Waals surface area contributed by atoms with Gasteiger partial charge in [0.25, 0.3) is 0 Å². The van der Waals surface area contributed by atoms with Gasteiger partial charge in [0.2, 0.25) is 11.8 Å². The summed E-state index contributed by atoms with van der Waals surface area (Å²) < 4.78 is 39.7. The Hall–Kier alpha value is -4.21. The number of carbonyl (C=O) groups excluding carboxylic acids is 2. The van der Waals surface area contributed by atoms with Gasteiger partial charge in [-0.3, -0.25) is 9.59 Å². The molecule has 7 nitrogen and oxygen atoms in total. The van der Waals surface area contributed by atoms with Crippen LogP contribution < -0.4 is 10.6 Å². The van der Waals surface area contributed by atoms with Gasteiger partial charge in [0.05, 0.1) is 11.1 Å². The number of hydrogen-bond donors (Lipinski definition) is 3. The van der Waals surface area contributed by atoms with E-state index in [0.717, 1.165) is 47.2 Å². The van der Waals surface area contributed by atoms with Crippen LogP contribution in [0, 0.1) is 11.8 Å². The van der Waals surface area contributed by atoms with E-state index in [2.05, 4.69) is 15.6 Å². The van der Waals surface area contributed by atoms with Crippen molar-refractivity contribution in [2.45, 2.75) is 44.7 Å². The zero-order valence-electron chi connectivity index (χ0n) is 20.8. The molecule has 0 aliphatic heterocycles. The summed E-state index contributed by atoms with van der Waals surface area (Å²) in [6, 6.07) is 12.1. The number of nitrogens with zero attached hydrogens (tertiary/aromatic N) is 1. The van der Waals surface area contributed by atoms with Gasteiger partial charge >= 0.3 is 12.1 Å². The van der Waals surface area contributed by atoms with Gasteiger partial charge in [-0.05, 0) is 91.1 Å². The van der Waals surface area contributed by atoms with Gasteiger partial charge in [0.1, 0.15) is 5.82 Å². The van der Waals surface area contributed by atoms with E-state index in [0.29, 0.717) is 37.6 Å². The largest absolute Gasteiger partial charge is 0.478 e. The third-order valence-electron chi connectivity index (χ3n) is 7.08. The Kier molecular flexibility index (Phi) is 7.12. The molecular formula is C29H26F3N3O4. The topological polar surface area (TPSA) is 108 Å². The SMILES string of the molecule is O=C(O)c1cc(NC(=O)C2CCc3ccc(Cc4ccnc(NC(=O)C5CC5)c4)cc3C2)cc(C(F)(F)F)c1. The summed E-state index contributed by atoms with van der Waals surface area (Å²) in [5, 5.41) is 14.5. The lowest BCUT2D eigenvalue weighted by molar-refractivity contribution is -0.137. The van der Waals surface area contributed by atoms with Crippen LogP contribution in [0.25, 0.3) is 0 Å². The standard InChI is InChI=1S/C29H26F3N3O4/c30-29(31,32)23-13-22(28(38)39)14-24(15-23)34-27(37)20-6-3-18-2-1-16(10-21(18)12-20)9-17-7-8-33-25(11-17)35-26(36)19-4-5-19/h1-2,7-8,10-11,13-15,19-20H,3-6,9,12H2,(H,34,37)(H,38,39)(H,33,35,36). The quantitative estimate of drug-likeness (QED) is 0.370. The van der Waals surface area contributed by atoms with E-state index in [1.807, 2.05) is 30.3 Å². The summed E-state index contributed by atoms with van der Waals surface area (Å²) in [7, 11) is 0. The Balaban J connectivity index is 1.27. The molecule has 0 saturated heterocycles. The number of alkyl halides is 3. The van der Waals surface area contributed by atoms with Crippen molar-refractivity contribution in [3.8, 4) is 0 Å². The zero-order chi connectivity index (χ0) is 27.7. The van der Waals surface area contributed by atoms with Gasteiger partial charge in [-0.25, -0.2) is 9.78 Å². The molecule has 3 N–H and O–H groups in total. The average molecular weight is 538 g/mol. The first-order chi connectivity index (χ1) is 18.5. The molecule has 2 amide bonds. The van der Waals surface area contributed by atoms with E-state index in [4.69, 9.17) is 0 Å². The van der Waals surface area contributed by atoms with Crippen LogP contribution in [0.2, 0.25) is 0 Å². The van der Waals surface area contributed by atoms with Crippen LogP contribution in [0.1, 0.15) is 57.4 Å². The second kappa shape index (κ2) is 10.5. The van der Waals surface area contributed by atoms with E-state index in [9.17, 15) is 32.7 Å². The number of anilines is 2. The molecule has 0 bridgehead atoms. The molecule has 0 radical (unpaired) electrons. The first-order valence-electron chi connectivity index (χ1n) is 12.7. The molecule has 1 fully saturated rings. The number of rotatable bonds is 7. The van der Waals surface area contributed by atoms with Crippen LogP contribution in [-0.4, -0.2) is 27.9 Å². The fraction of sp³-hybridized carbons (Fsp3) is 0.310. The third-order valence-corrected chi connectivity index (χ3v) is 7.08. The molecule has 2 aliphatic carbocycles. The molecule has 1 aromatic heterocycles. The van der Waals surface area contributed by atoms with Gasteiger partial charge in [-0.2, -0.15) is 13.2 Å². The molecule has 2 aromatic carbocycles. The van der Waals surface area contributed by atoms with Crippen molar-refractivity contribution in [3.05, 3.63) is 88.1 Å². The van der Waals surface area contributed by atoms with Gasteiger partial charge in [-0.15, -0.1) is 0 Å². The lowest BCUT2D eigenvalue weighted by Gasteiger charge is -2.25. The van der Waals surface area contributed by atoms with Gasteiger partial charge in [0, 0.05) is 23.7 Å². The van der Waals surface area contributed by atoms with E-state index in [-0.39, 0.29) is 17.5 Å². The summed E-state index contributed by atoms with van der Waals surface area (Å²) in [5.74, 6) is -1.86. The summed E-state index contributed by atoms with van der Waals surface area (Å²) in [6.45, 7) is 0. The maximum absolute atomic E-state index is 13.2. The number of fused-ring (bicyclic) bond motifs is 1. The van der Waals surface area contributed by atoms with Gasteiger partial charge < -0.3 is 15.7 Å². The lowest BCUT2D eigenvalue weighted by atomic mass is 9.82. The highest BCUT2D eigenvalue weighted by Crippen LogP contribution is 2.33. The Morgan fingerprint density at radius 3 is 2.33 bits per heavy atom. The number of carboxylic acids is 1. The van der Waals surface area contributed by atoms with Crippen LogP contribution in [0.15, 0.2) is 54.7 Å². The Morgan fingerprint density at radius 1 is 0.872 bits per heavy atom. The molecule has 1 atom stereocenters. The van der Waals surface area contributed by atoms with Crippen molar-refractivity contribution in [3.63, 3.8) is 0 Å². The van der Waals surface area contributed by atoms with Crippen molar-refractivity contribution < 1.29 is 32.7 Å². The first kappa shape index (κ1) is 26.4. The predicted octanol–water partition coefficient (Wildman–Crippen LogP) is 5.48. The molecule has 1 heterocycles. The molecule has 202 valence electrons. The van der Waals surface area contributed by atoms with Crippen LogP contribution in [0.5, 0.6) is 0 Å². The fourth-order valence-electron chi connectivity index (χ4n) is 4.84. The monoisotopic (exact) mass is 537 g/mol. The van der Waals surface area contributed by atoms with E-state index in [1.54, 1.807) is 6.20 Å². The lowest BCUT2D eigenvalue weighted by Crippen LogP contribution is -2.28. The van der Waals surface area contributed by atoms with Crippen LogP contribution in [-0.2, 0) is 35.0 Å². The number of nitrogens with one attached hydrogen (secondary N) is 2. The minimum absolute atomic E-state index is 0.0120. The number of aromatic nitrogens is 1. The van der Waals surface area contributed by atoms with Crippen molar-refractivity contribution in [1.82, 2.24) is 4.98 Å². The second-order valence-corrected chi connectivity index (χ2v) is 10.1. The minimum atomic E-state index is -4.75. The van der Waals surface area contributed by atoms with Crippen molar-refractivity contribution in [1.29, 1.82) is 0 Å². The number of hydrogen-bond acceptors (Lipinski definition) is 4. The summed E-state index contributed by atoms with van der Waals surface area (Å²) in [4.78, 5) is 40.6. The molecule has 2 aliphatic rings. The van der Waals surface area contributed by atoms with Crippen LogP contribution >= 0.6 is 0 Å². The molecule has 1 unspecified atom stereocenters. The maximum Gasteiger partial charge on any atom is 0.416 e. The van der Waals surface area contributed by atoms with Crippen molar-refractivity contribution >= 4 is 29.3 Å². The average Bonchev–Trinajstić information content (AvgIpc) is 3.74. The third kappa shape index (κ3) is 6.45. The number of carbonyl (C=O) groups is 3. The van der Waals surface area contributed by atoms with Gasteiger partial charge in [-0.1, -0.05) is 18.2 Å². The highest BCUT2D eigenvalue weighted by atomic mass is 19.4. The minimum Gasteiger partial charge on any atom is -0.478 e. The first-order valence-corrected chi connectivity index (χ1v) is 12.7. The zero-order valence-corrected chi connectivity index (χ0v) is 20.8. The fourth-order valence-corrected chi connectivity index (χ4v) is 4.84. The number of pyridine rings is 1. The number of carboxylic acid groups (broad SMARTS) is 1. The molecule has 39 heavy (non-hydrogen) atoms. The molecule has 0 spiro atoms. The smallest absolute Gasteiger partial charge is 0.416 e. The van der Waals surface area contributed by atoms with E-state index in [1.165, 1.54) is 0 Å². The van der Waals surface area contributed by atoms with Crippen LogP contribution in [0.3, 0.4) is 0 Å². The van der Waals surface area contributed by atoms with Crippen LogP contribution in [0.4, 0.5) is 24.7 Å². The summed E-state index contributed by atoms with van der Waals surface area (Å²) in [5.41, 5.74) is 2.21. The molecular weight excluding hydrogens is 511 g/mol.